The van der Waals surface area contributed by atoms with Crippen molar-refractivity contribution < 1.29 is 4.42 Å². The molecule has 0 aliphatic carbocycles. The highest BCUT2D eigenvalue weighted by molar-refractivity contribution is 6.24. The molecule has 0 bridgehead atoms. The van der Waals surface area contributed by atoms with Crippen LogP contribution < -0.4 is 0 Å². The molecule has 50 heavy (non-hydrogen) atoms. The largest absolute Gasteiger partial charge is 0.456 e. The van der Waals surface area contributed by atoms with Gasteiger partial charge in [0.05, 0.1) is 16.4 Å². The highest BCUT2D eigenvalue weighted by Crippen LogP contribution is 2.41. The van der Waals surface area contributed by atoms with Crippen LogP contribution in [-0.4, -0.2) is 19.5 Å². The normalized spacial score (nSPS) is 11.6. The van der Waals surface area contributed by atoms with Crippen molar-refractivity contribution >= 4 is 43.7 Å². The maximum atomic E-state index is 6.51. The number of hydrogen-bond donors (Lipinski definition) is 0. The van der Waals surface area contributed by atoms with Gasteiger partial charge >= 0.3 is 0 Å². The van der Waals surface area contributed by atoms with Crippen molar-refractivity contribution in [3.63, 3.8) is 0 Å². The zero-order valence-electron chi connectivity index (χ0n) is 26.9. The molecule has 0 aliphatic rings. The number of hydrogen-bond acceptors (Lipinski definition) is 4. The lowest BCUT2D eigenvalue weighted by Crippen LogP contribution is -2.00. The van der Waals surface area contributed by atoms with Crippen molar-refractivity contribution in [2.45, 2.75) is 0 Å². The van der Waals surface area contributed by atoms with Gasteiger partial charge in [0.2, 0.25) is 0 Å². The molecular weight excluding hydrogens is 613 g/mol. The van der Waals surface area contributed by atoms with Gasteiger partial charge in [-0.15, -0.1) is 0 Å². The molecule has 0 aliphatic heterocycles. The fourth-order valence-electron chi connectivity index (χ4n) is 7.09. The summed E-state index contributed by atoms with van der Waals surface area (Å²) in [7, 11) is 0. The van der Waals surface area contributed by atoms with E-state index in [0.717, 1.165) is 60.9 Å². The van der Waals surface area contributed by atoms with E-state index in [0.29, 0.717) is 17.5 Å². The second-order valence-corrected chi connectivity index (χ2v) is 12.5. The molecule has 234 valence electrons. The van der Waals surface area contributed by atoms with Crippen LogP contribution >= 0.6 is 0 Å². The molecule has 0 unspecified atom stereocenters. The van der Waals surface area contributed by atoms with E-state index in [1.807, 2.05) is 48.5 Å². The summed E-state index contributed by atoms with van der Waals surface area (Å²) in [4.78, 5) is 15.1. The van der Waals surface area contributed by atoms with Crippen LogP contribution in [0.25, 0.3) is 94.7 Å². The summed E-state index contributed by atoms with van der Waals surface area (Å²) in [5, 5.41) is 4.46. The van der Waals surface area contributed by atoms with Crippen LogP contribution in [0, 0.1) is 0 Å². The molecule has 3 aromatic heterocycles. The Kier molecular flexibility index (Phi) is 6.42. The molecule has 0 saturated carbocycles. The van der Waals surface area contributed by atoms with Crippen LogP contribution in [0.4, 0.5) is 0 Å². The van der Waals surface area contributed by atoms with E-state index in [9.17, 15) is 0 Å². The fraction of sp³-hybridized carbons (Fsp3) is 0. The Balaban J connectivity index is 1.19. The number of furan rings is 1. The smallest absolute Gasteiger partial charge is 0.164 e. The summed E-state index contributed by atoms with van der Waals surface area (Å²) in [5.74, 6) is 1.85. The second-order valence-electron chi connectivity index (χ2n) is 12.5. The zero-order chi connectivity index (χ0) is 33.0. The molecule has 0 N–H and O–H groups in total. The first-order chi connectivity index (χ1) is 24.8. The van der Waals surface area contributed by atoms with E-state index in [1.54, 1.807) is 0 Å². The topological polar surface area (TPSA) is 56.7 Å². The Morgan fingerprint density at radius 2 is 0.900 bits per heavy atom. The molecule has 10 rings (SSSR count). The summed E-state index contributed by atoms with van der Waals surface area (Å²) in [5.41, 5.74) is 10.1. The third-order valence-electron chi connectivity index (χ3n) is 9.46. The van der Waals surface area contributed by atoms with Crippen LogP contribution in [0.1, 0.15) is 0 Å². The second kappa shape index (κ2) is 11.4. The Morgan fingerprint density at radius 1 is 0.380 bits per heavy atom. The molecule has 0 saturated heterocycles. The number of benzene rings is 7. The quantitative estimate of drug-likeness (QED) is 0.188. The van der Waals surface area contributed by atoms with Gasteiger partial charge in [0.15, 0.2) is 17.5 Å². The van der Waals surface area contributed by atoms with Crippen LogP contribution in [0.2, 0.25) is 0 Å². The molecule has 0 fully saturated rings. The van der Waals surface area contributed by atoms with Crippen molar-refractivity contribution in [1.82, 2.24) is 19.5 Å². The van der Waals surface area contributed by atoms with Crippen molar-refractivity contribution in [2.24, 2.45) is 0 Å². The minimum atomic E-state index is 0.605. The van der Waals surface area contributed by atoms with Gasteiger partial charge in [0.25, 0.3) is 0 Å². The highest BCUT2D eigenvalue weighted by Gasteiger charge is 2.20. The van der Waals surface area contributed by atoms with E-state index < -0.39 is 0 Å². The fourth-order valence-corrected chi connectivity index (χ4v) is 7.09. The average Bonchev–Trinajstić information content (AvgIpc) is 3.74. The van der Waals surface area contributed by atoms with E-state index in [4.69, 9.17) is 19.4 Å². The number of rotatable bonds is 5. The Morgan fingerprint density at radius 3 is 1.62 bits per heavy atom. The SMILES string of the molecule is c1ccc(-c2ccc(-c3nc(-c4ccccc4)nc(-c4ccc5oc6ccc7c8ccccc8n(-c8ccccc8)c7c6c5c4)n3)cc2)cc1. The molecule has 0 atom stereocenters. The number of para-hydroxylation sites is 2. The molecule has 3 heterocycles. The minimum absolute atomic E-state index is 0.605. The van der Waals surface area contributed by atoms with Gasteiger partial charge in [-0.1, -0.05) is 121 Å². The molecular formula is C45H28N4O. The van der Waals surface area contributed by atoms with Gasteiger partial charge in [-0.05, 0) is 59.7 Å². The van der Waals surface area contributed by atoms with E-state index in [2.05, 4.69) is 126 Å². The highest BCUT2D eigenvalue weighted by atomic mass is 16.3. The lowest BCUT2D eigenvalue weighted by molar-refractivity contribution is 0.669. The van der Waals surface area contributed by atoms with Gasteiger partial charge in [0, 0.05) is 38.5 Å². The standard InChI is InChI=1S/C45H28N4O/c1-4-12-29(13-5-1)30-20-22-32(23-21-30)44-46-43(31-14-6-2-7-15-31)47-45(48-44)33-24-26-39-37(28-33)41-40(50-39)27-25-36-35-18-10-11-19-38(35)49(42(36)41)34-16-8-3-9-17-34/h1-28H. The Labute approximate surface area is 287 Å². The van der Waals surface area contributed by atoms with Crippen LogP contribution in [0.15, 0.2) is 174 Å². The molecule has 5 heteroatoms. The third-order valence-corrected chi connectivity index (χ3v) is 9.46. The molecule has 5 nitrogen and oxygen atoms in total. The number of nitrogens with zero attached hydrogens (tertiary/aromatic N) is 4. The summed E-state index contributed by atoms with van der Waals surface area (Å²) in [6.07, 6.45) is 0. The van der Waals surface area contributed by atoms with Crippen molar-refractivity contribution in [3.8, 4) is 51.0 Å². The van der Waals surface area contributed by atoms with Crippen molar-refractivity contribution in [2.75, 3.05) is 0 Å². The summed E-state index contributed by atoms with van der Waals surface area (Å²) in [6, 6.07) is 58.5. The van der Waals surface area contributed by atoms with Gasteiger partial charge in [0.1, 0.15) is 11.2 Å². The van der Waals surface area contributed by atoms with E-state index >= 15 is 0 Å². The molecule has 0 amide bonds. The third kappa shape index (κ3) is 4.60. The predicted octanol–water partition coefficient (Wildman–Crippen LogP) is 11.5. The molecule has 7 aromatic carbocycles. The molecule has 0 spiro atoms. The lowest BCUT2D eigenvalue weighted by atomic mass is 10.0. The van der Waals surface area contributed by atoms with Gasteiger partial charge < -0.3 is 8.98 Å². The summed E-state index contributed by atoms with van der Waals surface area (Å²) in [6.45, 7) is 0. The average molecular weight is 641 g/mol. The minimum Gasteiger partial charge on any atom is -0.456 e. The van der Waals surface area contributed by atoms with Gasteiger partial charge in [-0.25, -0.2) is 15.0 Å². The summed E-state index contributed by atoms with van der Waals surface area (Å²) >= 11 is 0. The number of aromatic nitrogens is 4. The first-order valence-corrected chi connectivity index (χ1v) is 16.7. The van der Waals surface area contributed by atoms with Crippen LogP contribution in [0.3, 0.4) is 0 Å². The maximum Gasteiger partial charge on any atom is 0.164 e. The Hall–Kier alpha value is -6.85. The lowest BCUT2D eigenvalue weighted by Gasteiger charge is -2.10. The van der Waals surface area contributed by atoms with Crippen LogP contribution in [0.5, 0.6) is 0 Å². The van der Waals surface area contributed by atoms with Crippen molar-refractivity contribution in [3.05, 3.63) is 170 Å². The zero-order valence-corrected chi connectivity index (χ0v) is 26.9. The monoisotopic (exact) mass is 640 g/mol. The first kappa shape index (κ1) is 28.2. The van der Waals surface area contributed by atoms with Crippen molar-refractivity contribution in [1.29, 1.82) is 0 Å². The number of fused-ring (bicyclic) bond motifs is 7. The van der Waals surface area contributed by atoms with Gasteiger partial charge in [-0.3, -0.25) is 0 Å². The Bertz CT molecular complexity index is 2840. The predicted molar refractivity (Wildman–Crippen MR) is 203 cm³/mol. The van der Waals surface area contributed by atoms with E-state index in [1.165, 1.54) is 16.3 Å². The summed E-state index contributed by atoms with van der Waals surface area (Å²) < 4.78 is 8.86. The molecule has 10 aromatic rings. The van der Waals surface area contributed by atoms with Crippen LogP contribution in [-0.2, 0) is 0 Å². The van der Waals surface area contributed by atoms with E-state index in [-0.39, 0.29) is 0 Å². The first-order valence-electron chi connectivity index (χ1n) is 16.7. The molecule has 0 radical (unpaired) electrons. The maximum absolute atomic E-state index is 6.51. The van der Waals surface area contributed by atoms with Gasteiger partial charge in [-0.2, -0.15) is 0 Å².